The third-order valence-corrected chi connectivity index (χ3v) is 8.78. The molecule has 0 radical (unpaired) electrons. The summed E-state index contributed by atoms with van der Waals surface area (Å²) in [6.45, 7) is 10.4. The Morgan fingerprint density at radius 2 is 1.54 bits per heavy atom. The van der Waals surface area contributed by atoms with Crippen LogP contribution in [0.15, 0.2) is 77.7 Å². The highest BCUT2D eigenvalue weighted by Crippen LogP contribution is 2.33. The van der Waals surface area contributed by atoms with Crippen LogP contribution in [0.1, 0.15) is 63.7 Å². The lowest BCUT2D eigenvalue weighted by Gasteiger charge is -2.26. The molecule has 0 saturated carbocycles. The fraction of sp³-hybridized carbons (Fsp3) is 0.316. The normalized spacial score (nSPS) is 13.2. The molecule has 3 aromatic carbocycles. The van der Waals surface area contributed by atoms with Crippen molar-refractivity contribution in [3.8, 4) is 11.1 Å². The van der Waals surface area contributed by atoms with Gasteiger partial charge in [0.1, 0.15) is 5.88 Å². The number of pyridine rings is 1. The summed E-state index contributed by atoms with van der Waals surface area (Å²) in [6.07, 6.45) is 2.09. The van der Waals surface area contributed by atoms with E-state index < -0.39 is 5.91 Å². The Kier molecular flexibility index (Phi) is 10.5. The van der Waals surface area contributed by atoms with Gasteiger partial charge in [-0.2, -0.15) is 0 Å². The van der Waals surface area contributed by atoms with Gasteiger partial charge in [-0.15, -0.1) is 11.6 Å². The average Bonchev–Trinajstić information content (AvgIpc) is 3.08. The van der Waals surface area contributed by atoms with Crippen molar-refractivity contribution in [1.82, 2.24) is 9.47 Å². The summed E-state index contributed by atoms with van der Waals surface area (Å²) in [4.78, 5) is 53.6. The standard InChI is InChI=1S/C38H41ClN4O5/c1-24-32(20-31(40-34(44)22-39)21-33(24)41-35(45)26-10-12-30(13-11-26)38(2,3)4)29-19-28(36(46)42(5)23-29)18-25-6-8-27(9-7-25)37(47)43-14-16-48-17-15-43/h6-13,19-21,23H,14-18,22H2,1-5H3,(H,40,44)(H,41,45). The van der Waals surface area contributed by atoms with Gasteiger partial charge in [0.25, 0.3) is 17.4 Å². The second-order valence-corrected chi connectivity index (χ2v) is 13.4. The van der Waals surface area contributed by atoms with Crippen LogP contribution in [0, 0.1) is 6.92 Å². The maximum Gasteiger partial charge on any atom is 0.255 e. The van der Waals surface area contributed by atoms with Gasteiger partial charge in [0.15, 0.2) is 0 Å². The lowest BCUT2D eigenvalue weighted by atomic mass is 9.86. The van der Waals surface area contributed by atoms with Crippen LogP contribution in [0.3, 0.4) is 0 Å². The van der Waals surface area contributed by atoms with Gasteiger partial charge < -0.3 is 24.8 Å². The number of nitrogens with one attached hydrogen (secondary N) is 2. The molecule has 0 unspecified atom stereocenters. The first kappa shape index (κ1) is 34.6. The summed E-state index contributed by atoms with van der Waals surface area (Å²) >= 11 is 5.80. The highest BCUT2D eigenvalue weighted by molar-refractivity contribution is 6.29. The molecule has 1 saturated heterocycles. The minimum atomic E-state index is -0.391. The van der Waals surface area contributed by atoms with Gasteiger partial charge in [-0.05, 0) is 82.6 Å². The van der Waals surface area contributed by atoms with E-state index in [0.717, 1.165) is 27.8 Å². The fourth-order valence-corrected chi connectivity index (χ4v) is 5.78. The Morgan fingerprint density at radius 3 is 2.17 bits per heavy atom. The van der Waals surface area contributed by atoms with E-state index >= 15 is 0 Å². The second-order valence-electron chi connectivity index (χ2n) is 13.1. The molecule has 1 aliphatic heterocycles. The van der Waals surface area contributed by atoms with Gasteiger partial charge in [0.05, 0.1) is 13.2 Å². The van der Waals surface area contributed by atoms with Gasteiger partial charge >= 0.3 is 0 Å². The maximum atomic E-state index is 13.4. The van der Waals surface area contributed by atoms with Crippen molar-refractivity contribution >= 4 is 40.7 Å². The third kappa shape index (κ3) is 8.03. The van der Waals surface area contributed by atoms with E-state index in [1.807, 2.05) is 43.3 Å². The van der Waals surface area contributed by atoms with Crippen LogP contribution < -0.4 is 16.2 Å². The Morgan fingerprint density at radius 1 is 0.896 bits per heavy atom. The van der Waals surface area contributed by atoms with Crippen LogP contribution in [-0.4, -0.2) is 59.4 Å². The predicted octanol–water partition coefficient (Wildman–Crippen LogP) is 6.15. The molecule has 9 nitrogen and oxygen atoms in total. The molecule has 1 aliphatic rings. The topological polar surface area (TPSA) is 110 Å². The zero-order chi connectivity index (χ0) is 34.6. The van der Waals surface area contributed by atoms with Crippen LogP contribution in [0.25, 0.3) is 11.1 Å². The highest BCUT2D eigenvalue weighted by Gasteiger charge is 2.20. The van der Waals surface area contributed by atoms with Crippen molar-refractivity contribution in [3.05, 3.63) is 117 Å². The molecule has 48 heavy (non-hydrogen) atoms. The lowest BCUT2D eigenvalue weighted by Crippen LogP contribution is -2.40. The van der Waals surface area contributed by atoms with Crippen LogP contribution >= 0.6 is 11.6 Å². The SMILES string of the molecule is Cc1c(NC(=O)c2ccc(C(C)(C)C)cc2)cc(NC(=O)CCl)cc1-c1cc(Cc2ccc(C(=O)N3CCOCC3)cc2)c(=O)n(C)c1. The first-order valence-electron chi connectivity index (χ1n) is 15.9. The van der Waals surface area contributed by atoms with Crippen LogP contribution in [-0.2, 0) is 28.4 Å². The summed E-state index contributed by atoms with van der Waals surface area (Å²) in [5.74, 6) is -0.948. The number of nitrogens with zero attached hydrogens (tertiary/aromatic N) is 2. The minimum absolute atomic E-state index is 0.0378. The number of amides is 3. The number of ether oxygens (including phenoxy) is 1. The van der Waals surface area contributed by atoms with Crippen molar-refractivity contribution in [2.75, 3.05) is 42.8 Å². The van der Waals surface area contributed by atoms with Crippen LogP contribution in [0.2, 0.25) is 0 Å². The van der Waals surface area contributed by atoms with Crippen molar-refractivity contribution in [2.45, 2.75) is 39.5 Å². The number of morpholine rings is 1. The molecule has 5 rings (SSSR count). The van der Waals surface area contributed by atoms with E-state index in [1.165, 1.54) is 4.57 Å². The number of aryl methyl sites for hydroxylation is 1. The van der Waals surface area contributed by atoms with Gasteiger partial charge in [-0.25, -0.2) is 0 Å². The highest BCUT2D eigenvalue weighted by atomic mass is 35.5. The lowest BCUT2D eigenvalue weighted by molar-refractivity contribution is -0.113. The molecule has 1 aromatic heterocycles. The van der Waals surface area contributed by atoms with Crippen molar-refractivity contribution < 1.29 is 19.1 Å². The second kappa shape index (κ2) is 14.6. The predicted molar refractivity (Wildman–Crippen MR) is 190 cm³/mol. The summed E-state index contributed by atoms with van der Waals surface area (Å²) in [5.41, 5.74) is 6.64. The number of rotatable bonds is 8. The zero-order valence-corrected chi connectivity index (χ0v) is 28.7. The number of aromatic nitrogens is 1. The van der Waals surface area contributed by atoms with Gasteiger partial charge in [0, 0.05) is 60.8 Å². The number of benzene rings is 3. The smallest absolute Gasteiger partial charge is 0.255 e. The van der Waals surface area contributed by atoms with E-state index in [4.69, 9.17) is 16.3 Å². The Bertz CT molecular complexity index is 1890. The van der Waals surface area contributed by atoms with Crippen molar-refractivity contribution in [3.63, 3.8) is 0 Å². The molecule has 2 heterocycles. The number of carbonyl (C=O) groups excluding carboxylic acids is 3. The number of hydrogen-bond acceptors (Lipinski definition) is 5. The molecule has 0 spiro atoms. The maximum absolute atomic E-state index is 13.4. The minimum Gasteiger partial charge on any atom is -0.378 e. The first-order valence-corrected chi connectivity index (χ1v) is 16.5. The Labute approximate surface area is 285 Å². The molecule has 1 fully saturated rings. The van der Waals surface area contributed by atoms with E-state index in [9.17, 15) is 19.2 Å². The number of alkyl halides is 1. The first-order chi connectivity index (χ1) is 22.8. The molecule has 0 aliphatic carbocycles. The zero-order valence-electron chi connectivity index (χ0n) is 28.0. The summed E-state index contributed by atoms with van der Waals surface area (Å²) in [5, 5.41) is 5.81. The van der Waals surface area contributed by atoms with Crippen molar-refractivity contribution in [2.24, 2.45) is 7.05 Å². The number of anilines is 2. The number of carbonyl (C=O) groups is 3. The van der Waals surface area contributed by atoms with Crippen LogP contribution in [0.4, 0.5) is 11.4 Å². The monoisotopic (exact) mass is 668 g/mol. The summed E-state index contributed by atoms with van der Waals surface area (Å²) in [6, 6.07) is 20.2. The third-order valence-electron chi connectivity index (χ3n) is 8.54. The average molecular weight is 669 g/mol. The molecule has 2 N–H and O–H groups in total. The van der Waals surface area contributed by atoms with E-state index in [2.05, 4.69) is 31.4 Å². The molecule has 0 bridgehead atoms. The Balaban J connectivity index is 1.46. The Hall–Kier alpha value is -4.73. The van der Waals surface area contributed by atoms with Crippen LogP contribution in [0.5, 0.6) is 0 Å². The van der Waals surface area contributed by atoms with Crippen molar-refractivity contribution in [1.29, 1.82) is 0 Å². The molecule has 250 valence electrons. The molecular weight excluding hydrogens is 628 g/mol. The summed E-state index contributed by atoms with van der Waals surface area (Å²) < 4.78 is 6.88. The van der Waals surface area contributed by atoms with E-state index in [-0.39, 0.29) is 28.7 Å². The van der Waals surface area contributed by atoms with Gasteiger partial charge in [0.2, 0.25) is 5.91 Å². The van der Waals surface area contributed by atoms with E-state index in [0.29, 0.717) is 60.8 Å². The molecule has 3 amide bonds. The largest absolute Gasteiger partial charge is 0.378 e. The number of hydrogen-bond donors (Lipinski definition) is 2. The fourth-order valence-electron chi connectivity index (χ4n) is 5.72. The quantitative estimate of drug-likeness (QED) is 0.219. The molecule has 4 aromatic rings. The molecule has 10 heteroatoms. The molecular formula is C38H41ClN4O5. The van der Waals surface area contributed by atoms with Gasteiger partial charge in [-0.1, -0.05) is 45.0 Å². The molecule has 0 atom stereocenters. The summed E-state index contributed by atoms with van der Waals surface area (Å²) in [7, 11) is 1.69. The van der Waals surface area contributed by atoms with Gasteiger partial charge in [-0.3, -0.25) is 19.2 Å². The number of halogens is 1. The van der Waals surface area contributed by atoms with E-state index in [1.54, 1.807) is 48.5 Å².